The quantitative estimate of drug-likeness (QED) is 0.475. The Morgan fingerprint density at radius 1 is 1.03 bits per heavy atom. The van der Waals surface area contributed by atoms with Gasteiger partial charge in [0.25, 0.3) is 0 Å². The highest BCUT2D eigenvalue weighted by Gasteiger charge is 2.12. The standard InChI is InChI=1S/C23H22N4OS/c1-15-4-7-18(8-5-15)20-13-21-23(24-10-11-27(21)26-20)29-14-22(28)25-19-9-6-16(2)12-17(19)3/h4-13H,14H2,1-3H3,(H,25,28). The van der Waals surface area contributed by atoms with Crippen LogP contribution in [0.25, 0.3) is 16.8 Å². The van der Waals surface area contributed by atoms with Crippen LogP contribution in [0.4, 0.5) is 5.69 Å². The van der Waals surface area contributed by atoms with Crippen LogP contribution in [0, 0.1) is 20.8 Å². The lowest BCUT2D eigenvalue weighted by atomic mass is 10.1. The third-order valence-electron chi connectivity index (χ3n) is 4.70. The molecule has 0 atom stereocenters. The molecular weight excluding hydrogens is 380 g/mol. The molecule has 0 radical (unpaired) electrons. The predicted molar refractivity (Wildman–Crippen MR) is 118 cm³/mol. The number of aryl methyl sites for hydroxylation is 3. The summed E-state index contributed by atoms with van der Waals surface area (Å²) in [4.78, 5) is 16.9. The van der Waals surface area contributed by atoms with Crippen molar-refractivity contribution in [3.05, 3.63) is 77.6 Å². The molecule has 4 rings (SSSR count). The lowest BCUT2D eigenvalue weighted by molar-refractivity contribution is -0.113. The average Bonchev–Trinajstić information content (AvgIpc) is 3.14. The van der Waals surface area contributed by atoms with Crippen molar-refractivity contribution in [2.24, 2.45) is 0 Å². The van der Waals surface area contributed by atoms with Crippen LogP contribution < -0.4 is 5.32 Å². The van der Waals surface area contributed by atoms with Gasteiger partial charge in [-0.2, -0.15) is 5.10 Å². The Labute approximate surface area is 174 Å². The first kappa shape index (κ1) is 19.2. The molecule has 4 aromatic rings. The van der Waals surface area contributed by atoms with Crippen molar-refractivity contribution in [3.63, 3.8) is 0 Å². The molecule has 0 aliphatic heterocycles. The van der Waals surface area contributed by atoms with Crippen molar-refractivity contribution in [2.75, 3.05) is 11.1 Å². The van der Waals surface area contributed by atoms with Crippen LogP contribution in [-0.4, -0.2) is 26.3 Å². The lowest BCUT2D eigenvalue weighted by Gasteiger charge is -2.09. The number of hydrogen-bond donors (Lipinski definition) is 1. The molecule has 1 N–H and O–H groups in total. The Morgan fingerprint density at radius 3 is 2.55 bits per heavy atom. The predicted octanol–water partition coefficient (Wildman–Crippen LogP) is 5.05. The van der Waals surface area contributed by atoms with E-state index in [1.807, 2.05) is 42.8 Å². The summed E-state index contributed by atoms with van der Waals surface area (Å²) in [5.41, 5.74) is 7.14. The SMILES string of the molecule is Cc1ccc(-c2cc3c(SCC(=O)Nc4ccc(C)cc4C)nccn3n2)cc1. The molecule has 2 aromatic heterocycles. The summed E-state index contributed by atoms with van der Waals surface area (Å²) in [5.74, 6) is 0.231. The zero-order valence-corrected chi connectivity index (χ0v) is 17.5. The molecule has 0 aliphatic carbocycles. The molecule has 0 unspecified atom stereocenters. The number of aromatic nitrogens is 3. The summed E-state index contributed by atoms with van der Waals surface area (Å²) < 4.78 is 1.81. The second kappa shape index (κ2) is 8.09. The Balaban J connectivity index is 1.50. The van der Waals surface area contributed by atoms with E-state index in [1.54, 1.807) is 6.20 Å². The minimum atomic E-state index is -0.0518. The van der Waals surface area contributed by atoms with Gasteiger partial charge in [-0.3, -0.25) is 4.79 Å². The Morgan fingerprint density at radius 2 is 1.79 bits per heavy atom. The molecule has 0 bridgehead atoms. The van der Waals surface area contributed by atoms with Crippen molar-refractivity contribution in [2.45, 2.75) is 25.8 Å². The summed E-state index contributed by atoms with van der Waals surface area (Å²) in [5, 5.41) is 8.42. The van der Waals surface area contributed by atoms with Gasteiger partial charge < -0.3 is 5.32 Å². The maximum absolute atomic E-state index is 12.4. The van der Waals surface area contributed by atoms with Crippen LogP contribution >= 0.6 is 11.8 Å². The first-order valence-electron chi connectivity index (χ1n) is 9.41. The lowest BCUT2D eigenvalue weighted by Crippen LogP contribution is -2.15. The number of hydrogen-bond acceptors (Lipinski definition) is 4. The highest BCUT2D eigenvalue weighted by molar-refractivity contribution is 8.00. The van der Waals surface area contributed by atoms with E-state index in [4.69, 9.17) is 0 Å². The van der Waals surface area contributed by atoms with E-state index in [1.165, 1.54) is 22.9 Å². The monoisotopic (exact) mass is 402 g/mol. The number of amides is 1. The van der Waals surface area contributed by atoms with E-state index in [2.05, 4.69) is 52.7 Å². The van der Waals surface area contributed by atoms with Crippen LogP contribution in [0.2, 0.25) is 0 Å². The molecule has 6 heteroatoms. The second-order valence-electron chi connectivity index (χ2n) is 7.11. The summed E-state index contributed by atoms with van der Waals surface area (Å²) in [7, 11) is 0. The third kappa shape index (κ3) is 4.32. The van der Waals surface area contributed by atoms with Crippen molar-refractivity contribution >= 4 is 28.9 Å². The Kier molecular flexibility index (Phi) is 5.36. The normalized spacial score (nSPS) is 11.0. The number of carbonyl (C=O) groups excluding carboxylic acids is 1. The fourth-order valence-electron chi connectivity index (χ4n) is 3.15. The molecule has 1 amide bonds. The van der Waals surface area contributed by atoms with Gasteiger partial charge in [-0.05, 0) is 38.5 Å². The summed E-state index contributed by atoms with van der Waals surface area (Å²) >= 11 is 1.41. The van der Waals surface area contributed by atoms with Crippen molar-refractivity contribution in [3.8, 4) is 11.3 Å². The van der Waals surface area contributed by atoms with Crippen LogP contribution in [0.5, 0.6) is 0 Å². The summed E-state index contributed by atoms with van der Waals surface area (Å²) in [6.07, 6.45) is 3.54. The number of thioether (sulfide) groups is 1. The van der Waals surface area contributed by atoms with Crippen LogP contribution in [0.1, 0.15) is 16.7 Å². The minimum absolute atomic E-state index is 0.0518. The van der Waals surface area contributed by atoms with Crippen molar-refractivity contribution in [1.29, 1.82) is 0 Å². The Hall–Kier alpha value is -3.12. The van der Waals surface area contributed by atoms with Gasteiger partial charge in [0.2, 0.25) is 5.91 Å². The number of rotatable bonds is 5. The number of anilines is 1. The van der Waals surface area contributed by atoms with Crippen LogP contribution in [0.3, 0.4) is 0 Å². The first-order valence-corrected chi connectivity index (χ1v) is 10.4. The van der Waals surface area contributed by atoms with Gasteiger partial charge in [0, 0.05) is 23.6 Å². The maximum Gasteiger partial charge on any atom is 0.234 e. The zero-order valence-electron chi connectivity index (χ0n) is 16.6. The van der Waals surface area contributed by atoms with E-state index in [-0.39, 0.29) is 11.7 Å². The molecule has 0 saturated carbocycles. The van der Waals surface area contributed by atoms with Gasteiger partial charge in [-0.15, -0.1) is 0 Å². The van der Waals surface area contributed by atoms with Gasteiger partial charge in [-0.1, -0.05) is 59.3 Å². The smallest absolute Gasteiger partial charge is 0.234 e. The maximum atomic E-state index is 12.4. The Bertz CT molecular complexity index is 1180. The fourth-order valence-corrected chi connectivity index (χ4v) is 3.92. The molecule has 2 heterocycles. The second-order valence-corrected chi connectivity index (χ2v) is 8.08. The van der Waals surface area contributed by atoms with Gasteiger partial charge >= 0.3 is 0 Å². The number of nitrogens with one attached hydrogen (secondary N) is 1. The molecule has 5 nitrogen and oxygen atoms in total. The number of carbonyl (C=O) groups is 1. The minimum Gasteiger partial charge on any atom is -0.325 e. The van der Waals surface area contributed by atoms with E-state index in [0.29, 0.717) is 0 Å². The van der Waals surface area contributed by atoms with Gasteiger partial charge in [0.05, 0.1) is 17.0 Å². The number of benzene rings is 2. The van der Waals surface area contributed by atoms with E-state index >= 15 is 0 Å². The van der Waals surface area contributed by atoms with Crippen molar-refractivity contribution < 1.29 is 4.79 Å². The number of fused-ring (bicyclic) bond motifs is 1. The highest BCUT2D eigenvalue weighted by atomic mass is 32.2. The third-order valence-corrected chi connectivity index (χ3v) is 5.69. The molecular formula is C23H22N4OS. The van der Waals surface area contributed by atoms with E-state index < -0.39 is 0 Å². The summed E-state index contributed by atoms with van der Waals surface area (Å²) in [6, 6.07) is 16.3. The fraction of sp³-hybridized carbons (Fsp3) is 0.174. The molecule has 146 valence electrons. The first-order chi connectivity index (χ1) is 14.0. The molecule has 0 aliphatic rings. The number of nitrogens with zero attached hydrogens (tertiary/aromatic N) is 3. The molecule has 0 fully saturated rings. The largest absolute Gasteiger partial charge is 0.325 e. The zero-order chi connectivity index (χ0) is 20.4. The molecule has 0 spiro atoms. The topological polar surface area (TPSA) is 59.3 Å². The highest BCUT2D eigenvalue weighted by Crippen LogP contribution is 2.26. The molecule has 29 heavy (non-hydrogen) atoms. The molecule has 2 aromatic carbocycles. The van der Waals surface area contributed by atoms with Gasteiger partial charge in [0.15, 0.2) is 0 Å². The van der Waals surface area contributed by atoms with Crippen LogP contribution in [0.15, 0.2) is 66.0 Å². The van der Waals surface area contributed by atoms with Crippen LogP contribution in [-0.2, 0) is 4.79 Å². The van der Waals surface area contributed by atoms with Crippen molar-refractivity contribution in [1.82, 2.24) is 14.6 Å². The van der Waals surface area contributed by atoms with E-state index in [9.17, 15) is 4.79 Å². The van der Waals surface area contributed by atoms with Gasteiger partial charge in [0.1, 0.15) is 5.03 Å². The van der Waals surface area contributed by atoms with Gasteiger partial charge in [-0.25, -0.2) is 9.50 Å². The molecule has 0 saturated heterocycles. The van der Waals surface area contributed by atoms with E-state index in [0.717, 1.165) is 33.1 Å². The summed E-state index contributed by atoms with van der Waals surface area (Å²) in [6.45, 7) is 6.10. The average molecular weight is 403 g/mol.